The fourth-order valence-electron chi connectivity index (χ4n) is 5.37. The van der Waals surface area contributed by atoms with E-state index in [1.807, 2.05) is 0 Å². The van der Waals surface area contributed by atoms with E-state index < -0.39 is 133 Å². The van der Waals surface area contributed by atoms with Crippen LogP contribution >= 0.6 is 0 Å². The molecule has 0 aliphatic carbocycles. The van der Waals surface area contributed by atoms with E-state index in [1.165, 1.54) is 6.07 Å². The number of ether oxygens (including phenoxy) is 8. The van der Waals surface area contributed by atoms with Crippen molar-refractivity contribution in [2.75, 3.05) is 18.5 Å². The van der Waals surface area contributed by atoms with Crippen LogP contribution in [0, 0.1) is 10.1 Å². The highest BCUT2D eigenvalue weighted by molar-refractivity contribution is 5.83. The number of hydrogen-bond donors (Lipinski definition) is 3. The summed E-state index contributed by atoms with van der Waals surface area (Å²) in [6.45, 7) is 1.90. The van der Waals surface area contributed by atoms with Gasteiger partial charge in [-0.1, -0.05) is 6.07 Å². The number of rotatable bonds is 13. The first kappa shape index (κ1) is 41.9. The number of aromatic nitrogens is 2. The lowest BCUT2D eigenvalue weighted by Crippen LogP contribution is -2.63. The average molecular weight is 789 g/mol. The summed E-state index contributed by atoms with van der Waals surface area (Å²) in [7, 11) is 0. The number of nitro groups is 1. The lowest BCUT2D eigenvalue weighted by Gasteiger charge is -2.43. The Morgan fingerprint density at radius 1 is 0.945 bits per heavy atom. The Labute approximate surface area is 307 Å². The molecule has 3 N–H and O–H groups in total. The molecule has 55 heavy (non-hydrogen) atoms. The van der Waals surface area contributed by atoms with Gasteiger partial charge in [-0.15, -0.1) is 0 Å². The van der Waals surface area contributed by atoms with Crippen molar-refractivity contribution in [3.8, 4) is 5.75 Å². The molecule has 0 bridgehead atoms. The predicted molar refractivity (Wildman–Crippen MR) is 170 cm³/mol. The summed E-state index contributed by atoms with van der Waals surface area (Å²) in [6, 6.07) is 4.15. The van der Waals surface area contributed by atoms with Gasteiger partial charge in [0, 0.05) is 40.0 Å². The minimum absolute atomic E-state index is 0.0109. The van der Waals surface area contributed by atoms with Crippen LogP contribution in [0.15, 0.2) is 35.3 Å². The van der Waals surface area contributed by atoms with Crippen LogP contribution in [0.1, 0.15) is 39.5 Å². The smallest absolute Gasteiger partial charge is 0.413 e. The highest BCUT2D eigenvalue weighted by Crippen LogP contribution is 2.42. The molecule has 1 aromatic heterocycles. The number of nitro benzene ring substituents is 1. The molecule has 0 spiro atoms. The number of alkyl halides is 2. The third-order valence-electron chi connectivity index (χ3n) is 7.65. The fourth-order valence-corrected chi connectivity index (χ4v) is 5.37. The summed E-state index contributed by atoms with van der Waals surface area (Å²) < 4.78 is 71.6. The molecule has 4 rings (SSSR count). The van der Waals surface area contributed by atoms with E-state index in [-0.39, 0.29) is 5.56 Å². The molecule has 2 aliphatic heterocycles. The summed E-state index contributed by atoms with van der Waals surface area (Å²) in [5.41, 5.74) is -2.05. The number of esters is 4. The predicted octanol–water partition coefficient (Wildman–Crippen LogP) is 0.248. The van der Waals surface area contributed by atoms with E-state index in [0.29, 0.717) is 4.57 Å². The molecule has 0 saturated carbocycles. The average Bonchev–Trinajstić information content (AvgIpc) is 3.32. The third-order valence-corrected chi connectivity index (χ3v) is 7.65. The van der Waals surface area contributed by atoms with Gasteiger partial charge in [0.2, 0.25) is 18.6 Å². The van der Waals surface area contributed by atoms with Crippen molar-refractivity contribution in [3.63, 3.8) is 0 Å². The van der Waals surface area contributed by atoms with E-state index in [9.17, 15) is 52.8 Å². The second-order valence-electron chi connectivity index (χ2n) is 11.8. The molecule has 2 saturated heterocycles. The maximum absolute atomic E-state index is 14.5. The van der Waals surface area contributed by atoms with Gasteiger partial charge in [0.1, 0.15) is 31.2 Å². The van der Waals surface area contributed by atoms with Crippen molar-refractivity contribution in [2.24, 2.45) is 0 Å². The quantitative estimate of drug-likeness (QED) is 0.106. The molecular formula is C31H34F2N4O18. The maximum Gasteiger partial charge on any atom is 0.413 e. The zero-order valence-electron chi connectivity index (χ0n) is 29.2. The van der Waals surface area contributed by atoms with Gasteiger partial charge in [-0.25, -0.2) is 9.59 Å². The van der Waals surface area contributed by atoms with E-state index in [4.69, 9.17) is 43.0 Å². The Kier molecular flexibility index (Phi) is 13.4. The second kappa shape index (κ2) is 17.5. The zero-order chi connectivity index (χ0) is 40.8. The number of hydrogen-bond acceptors (Lipinski definition) is 19. The largest absolute Gasteiger partial charge is 0.463 e. The van der Waals surface area contributed by atoms with Crippen LogP contribution in [-0.2, 0) is 58.9 Å². The van der Waals surface area contributed by atoms with Crippen molar-refractivity contribution in [1.29, 1.82) is 0 Å². The molecular weight excluding hydrogens is 754 g/mol. The van der Waals surface area contributed by atoms with Crippen molar-refractivity contribution in [1.82, 2.24) is 9.55 Å². The zero-order valence-corrected chi connectivity index (χ0v) is 29.2. The third kappa shape index (κ3) is 10.2. The number of aliphatic hydroxyl groups excluding tert-OH is 2. The number of carbonyl (C=O) groups excluding carboxylic acids is 5. The van der Waals surface area contributed by atoms with Crippen LogP contribution in [0.2, 0.25) is 0 Å². The second-order valence-corrected chi connectivity index (χ2v) is 11.8. The van der Waals surface area contributed by atoms with Gasteiger partial charge in [0.25, 0.3) is 0 Å². The van der Waals surface area contributed by atoms with Gasteiger partial charge in [0.15, 0.2) is 24.1 Å². The first-order valence-corrected chi connectivity index (χ1v) is 15.9. The number of halogens is 2. The van der Waals surface area contributed by atoms with Crippen LogP contribution in [0.5, 0.6) is 5.75 Å². The molecule has 2 aliphatic rings. The highest BCUT2D eigenvalue weighted by Gasteiger charge is 2.59. The Morgan fingerprint density at radius 2 is 1.58 bits per heavy atom. The summed E-state index contributed by atoms with van der Waals surface area (Å²) >= 11 is 0. The molecule has 1 amide bonds. The number of amides is 1. The van der Waals surface area contributed by atoms with Crippen LogP contribution in [0.25, 0.3) is 0 Å². The van der Waals surface area contributed by atoms with Gasteiger partial charge in [-0.3, -0.25) is 39.2 Å². The van der Waals surface area contributed by atoms with Gasteiger partial charge >= 0.3 is 47.3 Å². The molecule has 3 heterocycles. The summed E-state index contributed by atoms with van der Waals surface area (Å²) in [5.74, 6) is -8.46. The Hall–Kier alpha value is -5.85. The monoisotopic (exact) mass is 788 g/mol. The van der Waals surface area contributed by atoms with Crippen molar-refractivity contribution >= 4 is 41.5 Å². The molecule has 300 valence electrons. The molecule has 2 aromatic rings. The lowest BCUT2D eigenvalue weighted by molar-refractivity contribution is -0.387. The maximum atomic E-state index is 14.5. The number of benzene rings is 1. The van der Waals surface area contributed by atoms with E-state index >= 15 is 0 Å². The summed E-state index contributed by atoms with van der Waals surface area (Å²) in [5, 5.41) is 33.0. The van der Waals surface area contributed by atoms with Gasteiger partial charge in [-0.05, 0) is 17.7 Å². The van der Waals surface area contributed by atoms with Crippen LogP contribution in [0.4, 0.5) is 25.1 Å². The van der Waals surface area contributed by atoms with Crippen molar-refractivity contribution in [3.05, 3.63) is 56.6 Å². The Bertz CT molecular complexity index is 1860. The first-order chi connectivity index (χ1) is 25.8. The van der Waals surface area contributed by atoms with Crippen molar-refractivity contribution < 1.29 is 85.8 Å². The number of nitrogens with one attached hydrogen (secondary N) is 1. The van der Waals surface area contributed by atoms with Gasteiger partial charge in [-0.2, -0.15) is 13.8 Å². The molecule has 8 atom stereocenters. The van der Waals surface area contributed by atoms with E-state index in [0.717, 1.165) is 52.1 Å². The molecule has 24 heteroatoms. The minimum atomic E-state index is -3.97. The summed E-state index contributed by atoms with van der Waals surface area (Å²) in [6.07, 6.45) is -14.9. The number of anilines is 1. The first-order valence-electron chi connectivity index (χ1n) is 15.9. The van der Waals surface area contributed by atoms with Crippen molar-refractivity contribution in [2.45, 2.75) is 89.4 Å². The normalized spacial score (nSPS) is 25.5. The standard InChI is InChI=1S/C31H34F2N4O18/c1-13(39)48-12-21-23(50-14(2)40)24(51-15(3)41)25(52-16(4)42)27(54-21)53-19-6-5-17(9-18(19)37(46)47)11-49-30(45)35-22-7-8-36(29(44)34-22)28-31(32,33)26(43)20(10-38)55-28/h5-9,20-21,23-28,38,43H,10-12H2,1-4H3,(H,34,35,44,45)/t20-,21-,23+,24+,25-,26-,27-,28-/m1/s1. The SMILES string of the molecule is CC(=O)OC[C@H]1O[C@@H](Oc2ccc(COC(=O)Nc3ccn([C@@H]4O[C@H](CO)[C@@H](O)C4(F)F)c(=O)n3)cc2[N+](=O)[O-])[C@H](OC(C)=O)[C@@H](OC(C)=O)[C@H]1OC(C)=O. The van der Waals surface area contributed by atoms with Crippen LogP contribution in [-0.4, -0.2) is 117 Å². The molecule has 0 radical (unpaired) electrons. The number of nitrogens with zero attached hydrogens (tertiary/aromatic N) is 3. The van der Waals surface area contributed by atoms with E-state index in [2.05, 4.69) is 10.3 Å². The highest BCUT2D eigenvalue weighted by atomic mass is 19.3. The lowest BCUT2D eigenvalue weighted by atomic mass is 9.98. The summed E-state index contributed by atoms with van der Waals surface area (Å²) in [4.78, 5) is 87.3. The number of aliphatic hydroxyl groups is 2. The molecule has 1 aromatic carbocycles. The topological polar surface area (TPSA) is 290 Å². The van der Waals surface area contributed by atoms with Crippen LogP contribution in [0.3, 0.4) is 0 Å². The Balaban J connectivity index is 1.51. The molecule has 0 unspecified atom stereocenters. The number of carbonyl (C=O) groups is 5. The minimum Gasteiger partial charge on any atom is -0.463 e. The molecule has 2 fully saturated rings. The molecule has 22 nitrogen and oxygen atoms in total. The van der Waals surface area contributed by atoms with E-state index in [1.54, 1.807) is 0 Å². The van der Waals surface area contributed by atoms with Gasteiger partial charge < -0.3 is 48.1 Å². The van der Waals surface area contributed by atoms with Crippen LogP contribution < -0.4 is 15.7 Å². The fraction of sp³-hybridized carbons (Fsp3) is 0.516. The Morgan fingerprint density at radius 3 is 2.15 bits per heavy atom. The van der Waals surface area contributed by atoms with Gasteiger partial charge in [0.05, 0.1) is 11.5 Å².